The van der Waals surface area contributed by atoms with Crippen LogP contribution in [0.3, 0.4) is 0 Å². The van der Waals surface area contributed by atoms with E-state index >= 15 is 0 Å². The molecule has 1 aromatic carbocycles. The van der Waals surface area contributed by atoms with Crippen LogP contribution in [0.4, 0.5) is 5.69 Å². The summed E-state index contributed by atoms with van der Waals surface area (Å²) in [5.74, 6) is -1.55. The third-order valence-corrected chi connectivity index (χ3v) is 4.42. The van der Waals surface area contributed by atoms with E-state index in [-0.39, 0.29) is 12.5 Å². The third-order valence-electron chi connectivity index (χ3n) is 3.71. The van der Waals surface area contributed by atoms with Gasteiger partial charge in [-0.15, -0.1) is 11.8 Å². The molecule has 0 spiro atoms. The number of hydrogen-bond donors (Lipinski definition) is 2. The number of hydrogen-bond acceptors (Lipinski definition) is 6. The Labute approximate surface area is 161 Å². The van der Waals surface area contributed by atoms with Crippen molar-refractivity contribution >= 4 is 35.2 Å². The molecule has 0 aliphatic rings. The number of benzene rings is 1. The van der Waals surface area contributed by atoms with Crippen molar-refractivity contribution in [3.05, 3.63) is 53.2 Å². The minimum Gasteiger partial charge on any atom is -0.452 e. The van der Waals surface area contributed by atoms with Crippen LogP contribution in [0.2, 0.25) is 0 Å². The summed E-state index contributed by atoms with van der Waals surface area (Å²) in [7, 11) is 0. The predicted molar refractivity (Wildman–Crippen MR) is 104 cm³/mol. The van der Waals surface area contributed by atoms with Crippen LogP contribution in [0.25, 0.3) is 0 Å². The van der Waals surface area contributed by atoms with Crippen molar-refractivity contribution in [3.8, 4) is 0 Å². The van der Waals surface area contributed by atoms with E-state index in [0.29, 0.717) is 10.6 Å². The fourth-order valence-electron chi connectivity index (χ4n) is 2.34. The SMILES string of the molecule is CSc1ncccc1C(=O)OCC(=O)NCC(=O)Nc1c(C)cccc1C. The molecule has 0 aliphatic heterocycles. The normalized spacial score (nSPS) is 10.2. The fraction of sp³-hybridized carbons (Fsp3) is 0.263. The number of nitrogens with one attached hydrogen (secondary N) is 2. The van der Waals surface area contributed by atoms with Gasteiger partial charge < -0.3 is 15.4 Å². The molecule has 0 saturated heterocycles. The second kappa shape index (κ2) is 9.72. The molecule has 2 aromatic rings. The van der Waals surface area contributed by atoms with E-state index in [2.05, 4.69) is 15.6 Å². The lowest BCUT2D eigenvalue weighted by Gasteiger charge is -2.12. The van der Waals surface area contributed by atoms with Gasteiger partial charge in [-0.3, -0.25) is 9.59 Å². The molecule has 0 bridgehead atoms. The smallest absolute Gasteiger partial charge is 0.341 e. The van der Waals surface area contributed by atoms with Gasteiger partial charge in [0.1, 0.15) is 5.03 Å². The number of amides is 2. The standard InChI is InChI=1S/C19H21N3O4S/c1-12-6-4-7-13(2)17(12)22-15(23)10-21-16(24)11-26-19(25)14-8-5-9-20-18(14)27-3/h4-9H,10-11H2,1-3H3,(H,21,24)(H,22,23). The first-order chi connectivity index (χ1) is 12.9. The minimum atomic E-state index is -0.636. The monoisotopic (exact) mass is 387 g/mol. The van der Waals surface area contributed by atoms with Crippen molar-refractivity contribution in [2.24, 2.45) is 0 Å². The van der Waals surface area contributed by atoms with E-state index in [9.17, 15) is 14.4 Å². The summed E-state index contributed by atoms with van der Waals surface area (Å²) in [6.45, 7) is 3.09. The highest BCUT2D eigenvalue weighted by molar-refractivity contribution is 7.98. The molecular weight excluding hydrogens is 366 g/mol. The van der Waals surface area contributed by atoms with Crippen LogP contribution in [0, 0.1) is 13.8 Å². The molecule has 1 heterocycles. The molecule has 0 radical (unpaired) electrons. The van der Waals surface area contributed by atoms with E-state index in [0.717, 1.165) is 16.8 Å². The Kier molecular flexibility index (Phi) is 7.36. The molecule has 2 rings (SSSR count). The first-order valence-corrected chi connectivity index (χ1v) is 9.43. The number of para-hydroxylation sites is 1. The van der Waals surface area contributed by atoms with Gasteiger partial charge in [0, 0.05) is 11.9 Å². The Bertz CT molecular complexity index is 834. The zero-order chi connectivity index (χ0) is 19.8. The minimum absolute atomic E-state index is 0.215. The number of aryl methyl sites for hydroxylation is 2. The summed E-state index contributed by atoms with van der Waals surface area (Å²) < 4.78 is 4.99. The predicted octanol–water partition coefficient (Wildman–Crippen LogP) is 2.33. The summed E-state index contributed by atoms with van der Waals surface area (Å²) in [6.07, 6.45) is 3.37. The number of pyridine rings is 1. The Balaban J connectivity index is 1.80. The number of nitrogens with zero attached hydrogens (tertiary/aromatic N) is 1. The van der Waals surface area contributed by atoms with Crippen molar-refractivity contribution < 1.29 is 19.1 Å². The number of rotatable bonds is 7. The Morgan fingerprint density at radius 2 is 1.78 bits per heavy atom. The van der Waals surface area contributed by atoms with Gasteiger partial charge in [-0.2, -0.15) is 0 Å². The third kappa shape index (κ3) is 5.82. The Hall–Kier alpha value is -2.87. The van der Waals surface area contributed by atoms with Gasteiger partial charge in [0.15, 0.2) is 6.61 Å². The van der Waals surface area contributed by atoms with Gasteiger partial charge in [-0.1, -0.05) is 18.2 Å². The lowest BCUT2D eigenvalue weighted by atomic mass is 10.1. The summed E-state index contributed by atoms with van der Waals surface area (Å²) >= 11 is 1.31. The fourth-order valence-corrected chi connectivity index (χ4v) is 2.88. The molecule has 2 amide bonds. The molecule has 0 saturated carbocycles. The van der Waals surface area contributed by atoms with E-state index in [1.165, 1.54) is 11.8 Å². The van der Waals surface area contributed by atoms with Gasteiger partial charge in [0.2, 0.25) is 5.91 Å². The number of ether oxygens (including phenoxy) is 1. The number of anilines is 1. The summed E-state index contributed by atoms with van der Waals surface area (Å²) in [5.41, 5.74) is 2.89. The average Bonchev–Trinajstić information content (AvgIpc) is 2.67. The molecule has 1 aromatic heterocycles. The van der Waals surface area contributed by atoms with E-state index in [1.54, 1.807) is 24.6 Å². The number of carbonyl (C=O) groups is 3. The molecular formula is C19H21N3O4S. The van der Waals surface area contributed by atoms with Crippen molar-refractivity contribution in [1.29, 1.82) is 0 Å². The van der Waals surface area contributed by atoms with Gasteiger partial charge in [-0.25, -0.2) is 9.78 Å². The van der Waals surface area contributed by atoms with Crippen molar-refractivity contribution in [1.82, 2.24) is 10.3 Å². The van der Waals surface area contributed by atoms with Gasteiger partial charge in [-0.05, 0) is 43.4 Å². The zero-order valence-corrected chi connectivity index (χ0v) is 16.2. The van der Waals surface area contributed by atoms with Gasteiger partial charge in [0.05, 0.1) is 12.1 Å². The Morgan fingerprint density at radius 3 is 2.44 bits per heavy atom. The van der Waals surface area contributed by atoms with Crippen LogP contribution in [-0.2, 0) is 14.3 Å². The summed E-state index contributed by atoms with van der Waals surface area (Å²) in [4.78, 5) is 40.0. The largest absolute Gasteiger partial charge is 0.452 e. The molecule has 0 unspecified atom stereocenters. The molecule has 2 N–H and O–H groups in total. The highest BCUT2D eigenvalue weighted by Crippen LogP contribution is 2.19. The highest BCUT2D eigenvalue weighted by Gasteiger charge is 2.15. The van der Waals surface area contributed by atoms with Crippen LogP contribution in [0.15, 0.2) is 41.6 Å². The molecule has 8 heteroatoms. The topological polar surface area (TPSA) is 97.4 Å². The molecule has 142 valence electrons. The number of aromatic nitrogens is 1. The van der Waals surface area contributed by atoms with Gasteiger partial charge >= 0.3 is 5.97 Å². The maximum atomic E-state index is 12.0. The first kappa shape index (κ1) is 20.4. The van der Waals surface area contributed by atoms with Crippen LogP contribution >= 0.6 is 11.8 Å². The molecule has 0 aliphatic carbocycles. The second-order valence-corrected chi connectivity index (χ2v) is 6.52. The Morgan fingerprint density at radius 1 is 1.07 bits per heavy atom. The maximum Gasteiger partial charge on any atom is 0.341 e. The molecule has 0 atom stereocenters. The number of carbonyl (C=O) groups excluding carboxylic acids is 3. The van der Waals surface area contributed by atoms with Crippen molar-refractivity contribution in [3.63, 3.8) is 0 Å². The number of esters is 1. The first-order valence-electron chi connectivity index (χ1n) is 8.21. The van der Waals surface area contributed by atoms with Crippen LogP contribution in [-0.4, -0.2) is 42.2 Å². The van der Waals surface area contributed by atoms with Crippen molar-refractivity contribution in [2.45, 2.75) is 18.9 Å². The highest BCUT2D eigenvalue weighted by atomic mass is 32.2. The quantitative estimate of drug-likeness (QED) is 0.559. The molecule has 7 nitrogen and oxygen atoms in total. The van der Waals surface area contributed by atoms with Crippen LogP contribution < -0.4 is 10.6 Å². The van der Waals surface area contributed by atoms with E-state index in [4.69, 9.17) is 4.74 Å². The van der Waals surface area contributed by atoms with Crippen LogP contribution in [0.5, 0.6) is 0 Å². The summed E-state index contributed by atoms with van der Waals surface area (Å²) in [5, 5.41) is 5.72. The van der Waals surface area contributed by atoms with E-state index in [1.807, 2.05) is 32.0 Å². The van der Waals surface area contributed by atoms with E-state index < -0.39 is 18.5 Å². The second-order valence-electron chi connectivity index (χ2n) is 5.73. The van der Waals surface area contributed by atoms with Crippen molar-refractivity contribution in [2.75, 3.05) is 24.7 Å². The lowest BCUT2D eigenvalue weighted by Crippen LogP contribution is -2.35. The maximum absolute atomic E-state index is 12.0. The molecule has 27 heavy (non-hydrogen) atoms. The lowest BCUT2D eigenvalue weighted by molar-refractivity contribution is -0.126. The van der Waals surface area contributed by atoms with Crippen LogP contribution in [0.1, 0.15) is 21.5 Å². The van der Waals surface area contributed by atoms with Gasteiger partial charge in [0.25, 0.3) is 5.91 Å². The summed E-state index contributed by atoms with van der Waals surface area (Å²) in [6, 6.07) is 8.89. The number of thioether (sulfide) groups is 1. The molecule has 0 fully saturated rings. The average molecular weight is 387 g/mol. The zero-order valence-electron chi connectivity index (χ0n) is 15.4.